The van der Waals surface area contributed by atoms with Crippen LogP contribution in [0.2, 0.25) is 5.02 Å². The number of hydrogen-bond donors (Lipinski definition) is 0. The summed E-state index contributed by atoms with van der Waals surface area (Å²) in [6.07, 6.45) is 3.11. The SMILES string of the molecule is C=Nc1sc(C=O)cc1SCN1CCC(Oc2ccc(Cl)cc2)CC1. The van der Waals surface area contributed by atoms with Crippen LogP contribution in [-0.4, -0.2) is 43.0 Å². The van der Waals surface area contributed by atoms with E-state index in [1.54, 1.807) is 11.8 Å². The van der Waals surface area contributed by atoms with Gasteiger partial charge < -0.3 is 4.74 Å². The van der Waals surface area contributed by atoms with Crippen molar-refractivity contribution in [2.75, 3.05) is 19.0 Å². The molecular weight excluding hydrogens is 376 g/mol. The number of aldehydes is 1. The van der Waals surface area contributed by atoms with Gasteiger partial charge in [-0.15, -0.1) is 23.1 Å². The molecule has 2 heterocycles. The fourth-order valence-electron chi connectivity index (χ4n) is 2.68. The summed E-state index contributed by atoms with van der Waals surface area (Å²) in [6, 6.07) is 9.42. The fourth-order valence-corrected chi connectivity index (χ4v) is 4.83. The van der Waals surface area contributed by atoms with E-state index in [4.69, 9.17) is 16.3 Å². The number of ether oxygens (including phenoxy) is 1. The molecule has 1 saturated heterocycles. The van der Waals surface area contributed by atoms with Crippen LogP contribution < -0.4 is 4.74 Å². The van der Waals surface area contributed by atoms with E-state index in [0.717, 1.165) is 58.8 Å². The van der Waals surface area contributed by atoms with Crippen molar-refractivity contribution in [3.05, 3.63) is 40.2 Å². The van der Waals surface area contributed by atoms with Crippen molar-refractivity contribution < 1.29 is 9.53 Å². The normalized spacial score (nSPS) is 15.9. The van der Waals surface area contributed by atoms with Crippen molar-refractivity contribution in [2.24, 2.45) is 4.99 Å². The van der Waals surface area contributed by atoms with E-state index in [1.807, 2.05) is 30.3 Å². The molecule has 1 aromatic heterocycles. The molecule has 1 aliphatic rings. The number of halogens is 1. The van der Waals surface area contributed by atoms with Crippen molar-refractivity contribution >= 4 is 52.7 Å². The van der Waals surface area contributed by atoms with E-state index >= 15 is 0 Å². The van der Waals surface area contributed by atoms with Crippen molar-refractivity contribution in [1.29, 1.82) is 0 Å². The van der Waals surface area contributed by atoms with E-state index in [9.17, 15) is 4.79 Å². The van der Waals surface area contributed by atoms with Crippen LogP contribution in [0.15, 0.2) is 40.2 Å². The van der Waals surface area contributed by atoms with Gasteiger partial charge in [-0.25, -0.2) is 0 Å². The monoisotopic (exact) mass is 394 g/mol. The van der Waals surface area contributed by atoms with Crippen LogP contribution in [-0.2, 0) is 0 Å². The minimum atomic E-state index is 0.246. The molecule has 0 aliphatic carbocycles. The Kier molecular flexibility index (Phi) is 6.53. The predicted molar refractivity (Wildman–Crippen MR) is 106 cm³/mol. The van der Waals surface area contributed by atoms with Gasteiger partial charge in [0.1, 0.15) is 16.9 Å². The Balaban J connectivity index is 1.46. The molecule has 1 aliphatic heterocycles. The number of aliphatic imine (C=N–C) groups is 1. The maximum Gasteiger partial charge on any atom is 0.160 e. The van der Waals surface area contributed by atoms with Gasteiger partial charge in [0, 0.05) is 28.9 Å². The van der Waals surface area contributed by atoms with Gasteiger partial charge in [0.25, 0.3) is 0 Å². The van der Waals surface area contributed by atoms with E-state index in [1.165, 1.54) is 11.3 Å². The van der Waals surface area contributed by atoms with Crippen LogP contribution >= 0.6 is 34.7 Å². The number of carbonyl (C=O) groups is 1. The number of nitrogens with zero attached hydrogens (tertiary/aromatic N) is 2. The zero-order valence-corrected chi connectivity index (χ0v) is 16.1. The molecule has 0 bridgehead atoms. The van der Waals surface area contributed by atoms with E-state index < -0.39 is 0 Å². The number of rotatable bonds is 7. The first-order valence-corrected chi connectivity index (χ1v) is 10.2. The summed E-state index contributed by atoms with van der Waals surface area (Å²) in [7, 11) is 0. The van der Waals surface area contributed by atoms with E-state index in [2.05, 4.69) is 16.6 Å². The standard InChI is InChI=1S/C18H19ClN2O2S2/c1-20-18-17(10-16(11-22)25-18)24-12-21-8-6-15(7-9-21)23-14-4-2-13(19)3-5-14/h2-5,10-11,15H,1,6-9,12H2. The second-order valence-electron chi connectivity index (χ2n) is 5.76. The van der Waals surface area contributed by atoms with Crippen molar-refractivity contribution in [1.82, 2.24) is 4.90 Å². The van der Waals surface area contributed by atoms with Gasteiger partial charge in [0.15, 0.2) is 6.29 Å². The second-order valence-corrected chi connectivity index (χ2v) is 8.24. The van der Waals surface area contributed by atoms with Crippen molar-refractivity contribution in [3.8, 4) is 5.75 Å². The van der Waals surface area contributed by atoms with Crippen LogP contribution in [0, 0.1) is 0 Å². The van der Waals surface area contributed by atoms with Crippen LogP contribution in [0.3, 0.4) is 0 Å². The summed E-state index contributed by atoms with van der Waals surface area (Å²) in [6.45, 7) is 5.57. The minimum absolute atomic E-state index is 0.246. The maximum absolute atomic E-state index is 10.9. The summed E-state index contributed by atoms with van der Waals surface area (Å²) in [5.41, 5.74) is 0. The summed E-state index contributed by atoms with van der Waals surface area (Å²) >= 11 is 8.99. The molecule has 0 unspecified atom stereocenters. The number of benzene rings is 1. The Labute approximate surface area is 160 Å². The zero-order valence-electron chi connectivity index (χ0n) is 13.7. The molecule has 7 heteroatoms. The van der Waals surface area contributed by atoms with Crippen LogP contribution in [0.5, 0.6) is 5.75 Å². The molecule has 0 atom stereocenters. The Morgan fingerprint density at radius 3 is 2.72 bits per heavy atom. The molecule has 0 radical (unpaired) electrons. The van der Waals surface area contributed by atoms with Crippen LogP contribution in [0.1, 0.15) is 22.5 Å². The van der Waals surface area contributed by atoms with Crippen molar-refractivity contribution in [3.63, 3.8) is 0 Å². The lowest BCUT2D eigenvalue weighted by Gasteiger charge is -2.31. The Hall–Kier alpha value is -1.34. The number of carbonyl (C=O) groups excluding carboxylic acids is 1. The predicted octanol–water partition coefficient (Wildman–Crippen LogP) is 5.14. The van der Waals surface area contributed by atoms with Gasteiger partial charge in [0.2, 0.25) is 0 Å². The fraction of sp³-hybridized carbons (Fsp3) is 0.333. The average Bonchev–Trinajstić information content (AvgIpc) is 3.05. The van der Waals surface area contributed by atoms with E-state index in [0.29, 0.717) is 4.88 Å². The minimum Gasteiger partial charge on any atom is -0.490 e. The molecule has 0 amide bonds. The Bertz CT molecular complexity index is 725. The van der Waals surface area contributed by atoms with Crippen LogP contribution in [0.4, 0.5) is 5.00 Å². The molecule has 3 rings (SSSR count). The molecule has 25 heavy (non-hydrogen) atoms. The third-order valence-corrected chi connectivity index (χ3v) is 6.50. The Morgan fingerprint density at radius 1 is 1.36 bits per heavy atom. The molecule has 0 spiro atoms. The highest BCUT2D eigenvalue weighted by molar-refractivity contribution is 7.99. The number of likely N-dealkylation sites (tertiary alicyclic amines) is 1. The number of hydrogen-bond acceptors (Lipinski definition) is 6. The summed E-state index contributed by atoms with van der Waals surface area (Å²) in [4.78, 5) is 19.0. The number of thioether (sulfide) groups is 1. The Morgan fingerprint density at radius 2 is 2.08 bits per heavy atom. The largest absolute Gasteiger partial charge is 0.490 e. The number of thiophene rings is 1. The molecule has 1 fully saturated rings. The highest BCUT2D eigenvalue weighted by Crippen LogP contribution is 2.37. The molecule has 4 nitrogen and oxygen atoms in total. The summed E-state index contributed by atoms with van der Waals surface area (Å²) in [5.74, 6) is 1.75. The second kappa shape index (κ2) is 8.85. The van der Waals surface area contributed by atoms with Gasteiger partial charge in [0.05, 0.1) is 4.88 Å². The van der Waals surface area contributed by atoms with Gasteiger partial charge >= 0.3 is 0 Å². The van der Waals surface area contributed by atoms with E-state index in [-0.39, 0.29) is 6.10 Å². The summed E-state index contributed by atoms with van der Waals surface area (Å²) in [5, 5.41) is 1.55. The lowest BCUT2D eigenvalue weighted by molar-refractivity contribution is 0.111. The lowest BCUT2D eigenvalue weighted by Crippen LogP contribution is -2.37. The molecular formula is C18H19ClN2O2S2. The molecule has 1 aromatic carbocycles. The van der Waals surface area contributed by atoms with Gasteiger partial charge in [-0.05, 0) is 49.9 Å². The topological polar surface area (TPSA) is 41.9 Å². The smallest absolute Gasteiger partial charge is 0.160 e. The molecule has 2 aromatic rings. The first-order chi connectivity index (χ1) is 12.2. The van der Waals surface area contributed by atoms with Gasteiger partial charge in [-0.1, -0.05) is 11.6 Å². The number of piperidine rings is 1. The molecule has 0 saturated carbocycles. The van der Waals surface area contributed by atoms with Crippen molar-refractivity contribution in [2.45, 2.75) is 23.8 Å². The molecule has 132 valence electrons. The first-order valence-electron chi connectivity index (χ1n) is 8.01. The zero-order chi connectivity index (χ0) is 17.6. The third-order valence-electron chi connectivity index (χ3n) is 4.01. The van der Waals surface area contributed by atoms with Gasteiger partial charge in [-0.2, -0.15) is 0 Å². The highest BCUT2D eigenvalue weighted by atomic mass is 35.5. The average molecular weight is 395 g/mol. The van der Waals surface area contributed by atoms with Crippen LogP contribution in [0.25, 0.3) is 0 Å². The molecule has 0 N–H and O–H groups in total. The lowest BCUT2D eigenvalue weighted by atomic mass is 10.1. The van der Waals surface area contributed by atoms with Gasteiger partial charge in [-0.3, -0.25) is 14.7 Å². The highest BCUT2D eigenvalue weighted by Gasteiger charge is 2.21. The third kappa shape index (κ3) is 5.07. The maximum atomic E-state index is 10.9. The first kappa shape index (κ1) is 18.5. The summed E-state index contributed by atoms with van der Waals surface area (Å²) < 4.78 is 6.02. The quantitative estimate of drug-likeness (QED) is 0.370.